The van der Waals surface area contributed by atoms with Crippen LogP contribution in [0.15, 0.2) is 24.3 Å². The number of fused-ring (bicyclic) bond motifs is 2. The van der Waals surface area contributed by atoms with Crippen molar-refractivity contribution in [3.05, 3.63) is 35.4 Å². The van der Waals surface area contributed by atoms with Crippen LogP contribution in [0, 0.1) is 0 Å². The number of hydrogen-bond acceptors (Lipinski definition) is 2. The van der Waals surface area contributed by atoms with Crippen molar-refractivity contribution in [3.8, 4) is 0 Å². The van der Waals surface area contributed by atoms with Gasteiger partial charge in [-0.15, -0.1) is 12.4 Å². The van der Waals surface area contributed by atoms with Crippen molar-refractivity contribution < 1.29 is 4.74 Å². The molecule has 1 saturated carbocycles. The van der Waals surface area contributed by atoms with Crippen molar-refractivity contribution in [3.63, 3.8) is 0 Å². The van der Waals surface area contributed by atoms with Gasteiger partial charge < -0.3 is 10.5 Å². The highest BCUT2D eigenvalue weighted by molar-refractivity contribution is 5.85. The Morgan fingerprint density at radius 3 is 2.62 bits per heavy atom. The van der Waals surface area contributed by atoms with E-state index in [4.69, 9.17) is 10.5 Å². The molecule has 1 spiro atoms. The van der Waals surface area contributed by atoms with Crippen LogP contribution in [-0.4, -0.2) is 6.04 Å². The number of halogens is 1. The second-order valence-corrected chi connectivity index (χ2v) is 4.78. The topological polar surface area (TPSA) is 35.2 Å². The molecule has 3 rings (SSSR count). The smallest absolute Gasteiger partial charge is 0.0940 e. The average Bonchev–Trinajstić information content (AvgIpc) is 2.63. The summed E-state index contributed by atoms with van der Waals surface area (Å²) in [7, 11) is 0. The molecule has 1 aliphatic carbocycles. The molecule has 0 atom stereocenters. The van der Waals surface area contributed by atoms with Crippen molar-refractivity contribution in [1.82, 2.24) is 0 Å². The Bertz CT molecular complexity index is 372. The minimum atomic E-state index is 0. The Hall–Kier alpha value is -0.570. The summed E-state index contributed by atoms with van der Waals surface area (Å²) in [6, 6.07) is 8.99. The molecule has 1 aromatic rings. The Balaban J connectivity index is 0.000000963. The van der Waals surface area contributed by atoms with Crippen LogP contribution < -0.4 is 5.73 Å². The van der Waals surface area contributed by atoms with Gasteiger partial charge in [-0.2, -0.15) is 0 Å². The summed E-state index contributed by atoms with van der Waals surface area (Å²) in [4.78, 5) is 0. The lowest BCUT2D eigenvalue weighted by Gasteiger charge is -2.36. The Labute approximate surface area is 103 Å². The molecule has 1 aromatic carbocycles. The number of rotatable bonds is 0. The predicted octanol–water partition coefficient (Wildman–Crippen LogP) is 2.74. The van der Waals surface area contributed by atoms with Crippen LogP contribution in [0.25, 0.3) is 0 Å². The van der Waals surface area contributed by atoms with E-state index >= 15 is 0 Å². The standard InChI is InChI=1S/C13H17NO.ClH/c14-11-5-7-13(8-6-11)12-4-2-1-3-10(12)9-15-13;/h1-4,11H,5-9,14H2;1H. The minimum absolute atomic E-state index is 0. The first-order chi connectivity index (χ1) is 7.30. The van der Waals surface area contributed by atoms with Gasteiger partial charge in [0, 0.05) is 6.04 Å². The van der Waals surface area contributed by atoms with Gasteiger partial charge in [0.05, 0.1) is 12.2 Å². The maximum Gasteiger partial charge on any atom is 0.0940 e. The summed E-state index contributed by atoms with van der Waals surface area (Å²) < 4.78 is 6.04. The third-order valence-corrected chi connectivity index (χ3v) is 3.85. The number of benzene rings is 1. The monoisotopic (exact) mass is 239 g/mol. The molecule has 0 saturated heterocycles. The van der Waals surface area contributed by atoms with E-state index in [1.807, 2.05) is 0 Å². The van der Waals surface area contributed by atoms with Crippen molar-refractivity contribution in [2.75, 3.05) is 0 Å². The molecule has 0 unspecified atom stereocenters. The van der Waals surface area contributed by atoms with Gasteiger partial charge >= 0.3 is 0 Å². The lowest BCUT2D eigenvalue weighted by atomic mass is 9.78. The Morgan fingerprint density at radius 2 is 1.88 bits per heavy atom. The largest absolute Gasteiger partial charge is 0.366 e. The van der Waals surface area contributed by atoms with Crippen LogP contribution >= 0.6 is 12.4 Å². The first-order valence-corrected chi connectivity index (χ1v) is 5.78. The highest BCUT2D eigenvalue weighted by atomic mass is 35.5. The molecule has 1 aliphatic heterocycles. The summed E-state index contributed by atoms with van der Waals surface area (Å²) in [5, 5.41) is 0. The molecular formula is C13H18ClNO. The van der Waals surface area contributed by atoms with Gasteiger partial charge in [-0.3, -0.25) is 0 Å². The molecule has 2 N–H and O–H groups in total. The van der Waals surface area contributed by atoms with Crippen molar-refractivity contribution in [1.29, 1.82) is 0 Å². The predicted molar refractivity (Wildman–Crippen MR) is 66.6 cm³/mol. The summed E-state index contributed by atoms with van der Waals surface area (Å²) in [6.45, 7) is 0.783. The van der Waals surface area contributed by atoms with E-state index in [-0.39, 0.29) is 18.0 Å². The van der Waals surface area contributed by atoms with Gasteiger partial charge in [-0.05, 0) is 36.8 Å². The molecule has 0 radical (unpaired) electrons. The van der Waals surface area contributed by atoms with Crippen LogP contribution in [0.4, 0.5) is 0 Å². The van der Waals surface area contributed by atoms with Gasteiger partial charge in [0.1, 0.15) is 0 Å². The van der Waals surface area contributed by atoms with Crippen LogP contribution in [0.3, 0.4) is 0 Å². The van der Waals surface area contributed by atoms with Crippen LogP contribution in [0.2, 0.25) is 0 Å². The van der Waals surface area contributed by atoms with E-state index in [1.165, 1.54) is 11.1 Å². The van der Waals surface area contributed by atoms with E-state index < -0.39 is 0 Å². The zero-order valence-corrected chi connectivity index (χ0v) is 10.1. The SMILES string of the molecule is Cl.NC1CCC2(CC1)OCc1ccccc12. The average molecular weight is 240 g/mol. The third kappa shape index (κ3) is 1.75. The second kappa shape index (κ2) is 4.36. The van der Waals surface area contributed by atoms with Crippen molar-refractivity contribution >= 4 is 12.4 Å². The highest BCUT2D eigenvalue weighted by Crippen LogP contribution is 2.46. The molecular weight excluding hydrogens is 222 g/mol. The molecule has 1 fully saturated rings. The maximum atomic E-state index is 6.04. The molecule has 1 heterocycles. The lowest BCUT2D eigenvalue weighted by Crippen LogP contribution is -2.36. The Kier molecular flexibility index (Phi) is 3.24. The van der Waals surface area contributed by atoms with Crippen LogP contribution in [-0.2, 0) is 16.9 Å². The zero-order valence-electron chi connectivity index (χ0n) is 9.32. The summed E-state index contributed by atoms with van der Waals surface area (Å²) in [5.41, 5.74) is 8.74. The summed E-state index contributed by atoms with van der Waals surface area (Å²) in [5.74, 6) is 0. The van der Waals surface area contributed by atoms with E-state index in [1.54, 1.807) is 0 Å². The molecule has 0 aromatic heterocycles. The van der Waals surface area contributed by atoms with Crippen molar-refractivity contribution in [2.24, 2.45) is 5.73 Å². The van der Waals surface area contributed by atoms with Gasteiger partial charge in [-0.1, -0.05) is 24.3 Å². The van der Waals surface area contributed by atoms with Gasteiger partial charge in [0.15, 0.2) is 0 Å². The van der Waals surface area contributed by atoms with Gasteiger partial charge in [0.2, 0.25) is 0 Å². The maximum absolute atomic E-state index is 6.04. The highest BCUT2D eigenvalue weighted by Gasteiger charge is 2.41. The second-order valence-electron chi connectivity index (χ2n) is 4.78. The van der Waals surface area contributed by atoms with Crippen molar-refractivity contribution in [2.45, 2.75) is 43.9 Å². The number of hydrogen-bond donors (Lipinski definition) is 1. The zero-order chi connectivity index (χ0) is 10.3. The first kappa shape index (κ1) is 11.9. The fourth-order valence-corrected chi connectivity index (χ4v) is 2.90. The normalized spacial score (nSPS) is 32.2. The molecule has 0 amide bonds. The third-order valence-electron chi connectivity index (χ3n) is 3.85. The molecule has 88 valence electrons. The molecule has 3 heteroatoms. The van der Waals surface area contributed by atoms with E-state index in [0.29, 0.717) is 6.04 Å². The lowest BCUT2D eigenvalue weighted by molar-refractivity contribution is -0.0664. The van der Waals surface area contributed by atoms with Gasteiger partial charge in [-0.25, -0.2) is 0 Å². The quantitative estimate of drug-likeness (QED) is 0.756. The Morgan fingerprint density at radius 1 is 1.19 bits per heavy atom. The van der Waals surface area contributed by atoms with E-state index in [0.717, 1.165) is 32.3 Å². The molecule has 2 nitrogen and oxygen atoms in total. The number of nitrogens with two attached hydrogens (primary N) is 1. The fraction of sp³-hybridized carbons (Fsp3) is 0.538. The van der Waals surface area contributed by atoms with Crippen LogP contribution in [0.5, 0.6) is 0 Å². The molecule has 0 bridgehead atoms. The number of ether oxygens (including phenoxy) is 1. The van der Waals surface area contributed by atoms with E-state index in [9.17, 15) is 0 Å². The summed E-state index contributed by atoms with van der Waals surface area (Å²) in [6.07, 6.45) is 4.36. The molecule has 16 heavy (non-hydrogen) atoms. The fourth-order valence-electron chi connectivity index (χ4n) is 2.90. The van der Waals surface area contributed by atoms with Gasteiger partial charge in [0.25, 0.3) is 0 Å². The molecule has 2 aliphatic rings. The summed E-state index contributed by atoms with van der Waals surface area (Å²) >= 11 is 0. The van der Waals surface area contributed by atoms with E-state index in [2.05, 4.69) is 24.3 Å². The first-order valence-electron chi connectivity index (χ1n) is 5.78. The van der Waals surface area contributed by atoms with Crippen LogP contribution in [0.1, 0.15) is 36.8 Å². The minimum Gasteiger partial charge on any atom is -0.366 e.